The summed E-state index contributed by atoms with van der Waals surface area (Å²) in [5, 5.41) is 3.71. The SMILES string of the molecule is NC1=N[C@H](c2ccc(Cl)cc2)n2c(nc3cc4c(cc32)OCCCO4)N1. The summed E-state index contributed by atoms with van der Waals surface area (Å²) in [6.07, 6.45) is 0.520. The van der Waals surface area contributed by atoms with Gasteiger partial charge in [0.25, 0.3) is 0 Å². The van der Waals surface area contributed by atoms with Gasteiger partial charge in [-0.25, -0.2) is 9.98 Å². The van der Waals surface area contributed by atoms with Crippen LogP contribution in [-0.2, 0) is 0 Å². The molecular formula is C18H16ClN5O2. The number of benzene rings is 2. The summed E-state index contributed by atoms with van der Waals surface area (Å²) in [5.41, 5.74) is 8.63. The average molecular weight is 370 g/mol. The molecule has 3 heterocycles. The second-order valence-electron chi connectivity index (χ2n) is 6.21. The number of nitrogens with zero attached hydrogens (tertiary/aromatic N) is 3. The van der Waals surface area contributed by atoms with Crippen LogP contribution in [0.15, 0.2) is 41.4 Å². The van der Waals surface area contributed by atoms with Gasteiger partial charge < -0.3 is 15.2 Å². The predicted octanol–water partition coefficient (Wildman–Crippen LogP) is 3.14. The van der Waals surface area contributed by atoms with Crippen molar-refractivity contribution in [3.63, 3.8) is 0 Å². The molecule has 0 unspecified atom stereocenters. The molecule has 8 heteroatoms. The van der Waals surface area contributed by atoms with Crippen LogP contribution in [0.1, 0.15) is 18.2 Å². The van der Waals surface area contributed by atoms with Gasteiger partial charge in [-0.3, -0.25) is 9.88 Å². The number of nitrogens with two attached hydrogens (primary N) is 1. The molecule has 1 aromatic heterocycles. The Kier molecular flexibility index (Phi) is 3.43. The standard InChI is InChI=1S/C18H16ClN5O2/c19-11-4-2-10(3-5-11)16-22-17(20)23-18-21-12-8-14-15(9-13(12)24(16)18)26-7-1-6-25-14/h2-5,8-9,16H,1,6-7H2,(H3,20,21,22,23)/t16-/m0/s1. The zero-order valence-corrected chi connectivity index (χ0v) is 14.5. The molecule has 0 saturated heterocycles. The van der Waals surface area contributed by atoms with Gasteiger partial charge >= 0.3 is 0 Å². The van der Waals surface area contributed by atoms with E-state index in [1.165, 1.54) is 0 Å². The molecule has 0 bridgehead atoms. The maximum Gasteiger partial charge on any atom is 0.212 e. The molecule has 0 saturated carbocycles. The van der Waals surface area contributed by atoms with Crippen molar-refractivity contribution in [2.45, 2.75) is 12.6 Å². The van der Waals surface area contributed by atoms with Crippen LogP contribution in [0.2, 0.25) is 5.02 Å². The van der Waals surface area contributed by atoms with Crippen LogP contribution in [0.3, 0.4) is 0 Å². The molecule has 0 fully saturated rings. The van der Waals surface area contributed by atoms with Crippen LogP contribution in [0, 0.1) is 0 Å². The quantitative estimate of drug-likeness (QED) is 0.688. The molecular weight excluding hydrogens is 354 g/mol. The van der Waals surface area contributed by atoms with Crippen LogP contribution in [0.4, 0.5) is 5.95 Å². The van der Waals surface area contributed by atoms with Crippen molar-refractivity contribution in [3.8, 4) is 11.5 Å². The fraction of sp³-hybridized carbons (Fsp3) is 0.222. The lowest BCUT2D eigenvalue weighted by molar-refractivity contribution is 0.297. The molecule has 2 aromatic carbocycles. The number of anilines is 1. The smallest absolute Gasteiger partial charge is 0.212 e. The zero-order chi connectivity index (χ0) is 17.7. The van der Waals surface area contributed by atoms with E-state index in [4.69, 9.17) is 26.8 Å². The summed E-state index contributed by atoms with van der Waals surface area (Å²) in [7, 11) is 0. The molecule has 0 radical (unpaired) electrons. The molecule has 2 aliphatic heterocycles. The van der Waals surface area contributed by atoms with Crippen LogP contribution < -0.4 is 20.5 Å². The Morgan fingerprint density at radius 2 is 1.85 bits per heavy atom. The fourth-order valence-corrected chi connectivity index (χ4v) is 3.41. The molecule has 2 aliphatic rings. The Balaban J connectivity index is 1.70. The maximum atomic E-state index is 6.03. The molecule has 3 N–H and O–H groups in total. The molecule has 26 heavy (non-hydrogen) atoms. The van der Waals surface area contributed by atoms with Crippen molar-refractivity contribution < 1.29 is 9.47 Å². The van der Waals surface area contributed by atoms with E-state index in [9.17, 15) is 0 Å². The lowest BCUT2D eigenvalue weighted by Crippen LogP contribution is -2.31. The first-order valence-corrected chi connectivity index (χ1v) is 8.74. The number of imidazole rings is 1. The van der Waals surface area contributed by atoms with E-state index in [0.29, 0.717) is 35.9 Å². The number of halogens is 1. The van der Waals surface area contributed by atoms with Crippen molar-refractivity contribution in [2.24, 2.45) is 10.7 Å². The molecule has 0 amide bonds. The predicted molar refractivity (Wildman–Crippen MR) is 100 cm³/mol. The highest BCUT2D eigenvalue weighted by atomic mass is 35.5. The number of fused-ring (bicyclic) bond motifs is 4. The number of guanidine groups is 1. The highest BCUT2D eigenvalue weighted by Gasteiger charge is 2.26. The van der Waals surface area contributed by atoms with Crippen LogP contribution >= 0.6 is 11.6 Å². The zero-order valence-electron chi connectivity index (χ0n) is 13.8. The monoisotopic (exact) mass is 369 g/mol. The fourth-order valence-electron chi connectivity index (χ4n) is 3.28. The van der Waals surface area contributed by atoms with Crippen LogP contribution in [0.5, 0.6) is 11.5 Å². The highest BCUT2D eigenvalue weighted by molar-refractivity contribution is 6.30. The van der Waals surface area contributed by atoms with E-state index in [1.807, 2.05) is 41.0 Å². The van der Waals surface area contributed by atoms with E-state index < -0.39 is 0 Å². The van der Waals surface area contributed by atoms with Gasteiger partial charge in [0.2, 0.25) is 5.95 Å². The average Bonchev–Trinajstić information content (AvgIpc) is 2.81. The first kappa shape index (κ1) is 15.3. The molecule has 5 rings (SSSR count). The first-order chi connectivity index (χ1) is 12.7. The van der Waals surface area contributed by atoms with Gasteiger partial charge in [-0.05, 0) is 17.7 Å². The summed E-state index contributed by atoms with van der Waals surface area (Å²) in [4.78, 5) is 9.23. The largest absolute Gasteiger partial charge is 0.489 e. The van der Waals surface area contributed by atoms with E-state index in [0.717, 1.165) is 28.8 Å². The third-order valence-corrected chi connectivity index (χ3v) is 4.72. The Bertz CT molecular complexity index is 1030. The van der Waals surface area contributed by atoms with E-state index in [2.05, 4.69) is 15.3 Å². The number of aliphatic imine (C=N–C) groups is 1. The molecule has 132 valence electrons. The first-order valence-electron chi connectivity index (χ1n) is 8.36. The van der Waals surface area contributed by atoms with Crippen molar-refractivity contribution in [1.82, 2.24) is 9.55 Å². The lowest BCUT2D eigenvalue weighted by Gasteiger charge is -2.24. The minimum Gasteiger partial charge on any atom is -0.489 e. The van der Waals surface area contributed by atoms with Crippen molar-refractivity contribution in [1.29, 1.82) is 0 Å². The molecule has 1 atom stereocenters. The van der Waals surface area contributed by atoms with Crippen molar-refractivity contribution in [3.05, 3.63) is 47.0 Å². The Morgan fingerprint density at radius 3 is 2.62 bits per heavy atom. The number of aromatic nitrogens is 2. The van der Waals surface area contributed by atoms with Gasteiger partial charge in [-0.2, -0.15) is 0 Å². The molecule has 0 spiro atoms. The number of hydrogen-bond acceptors (Lipinski definition) is 6. The third kappa shape index (κ3) is 2.43. The van der Waals surface area contributed by atoms with Gasteiger partial charge in [0, 0.05) is 23.6 Å². The van der Waals surface area contributed by atoms with E-state index in [-0.39, 0.29) is 6.17 Å². The van der Waals surface area contributed by atoms with Gasteiger partial charge in [-0.15, -0.1) is 0 Å². The lowest BCUT2D eigenvalue weighted by atomic mass is 10.1. The Morgan fingerprint density at radius 1 is 1.12 bits per heavy atom. The van der Waals surface area contributed by atoms with E-state index >= 15 is 0 Å². The summed E-state index contributed by atoms with van der Waals surface area (Å²) in [6.45, 7) is 1.26. The second kappa shape index (κ2) is 5.81. The summed E-state index contributed by atoms with van der Waals surface area (Å²) in [5.74, 6) is 2.38. The number of ether oxygens (including phenoxy) is 2. The van der Waals surface area contributed by atoms with Crippen LogP contribution in [-0.4, -0.2) is 28.7 Å². The van der Waals surface area contributed by atoms with Gasteiger partial charge in [0.1, 0.15) is 0 Å². The number of hydrogen-bond donors (Lipinski definition) is 2. The van der Waals surface area contributed by atoms with Crippen molar-refractivity contribution in [2.75, 3.05) is 18.5 Å². The summed E-state index contributed by atoms with van der Waals surface area (Å²) >= 11 is 6.03. The molecule has 0 aliphatic carbocycles. The van der Waals surface area contributed by atoms with E-state index in [1.54, 1.807) is 0 Å². The molecule has 7 nitrogen and oxygen atoms in total. The minimum atomic E-state index is -0.335. The minimum absolute atomic E-state index is 0.321. The number of nitrogens with one attached hydrogen (secondary N) is 1. The van der Waals surface area contributed by atoms with Gasteiger partial charge in [0.05, 0.1) is 24.2 Å². The van der Waals surface area contributed by atoms with Gasteiger partial charge in [0.15, 0.2) is 23.6 Å². The second-order valence-corrected chi connectivity index (χ2v) is 6.64. The third-order valence-electron chi connectivity index (χ3n) is 4.47. The Labute approximate surface area is 154 Å². The normalized spacial score (nSPS) is 18.7. The van der Waals surface area contributed by atoms with Crippen LogP contribution in [0.25, 0.3) is 11.0 Å². The topological polar surface area (TPSA) is 86.7 Å². The molecule has 3 aromatic rings. The van der Waals surface area contributed by atoms with Gasteiger partial charge in [-0.1, -0.05) is 23.7 Å². The number of rotatable bonds is 1. The van der Waals surface area contributed by atoms with Crippen molar-refractivity contribution >= 4 is 34.5 Å². The summed E-state index contributed by atoms with van der Waals surface area (Å²) in [6, 6.07) is 11.4. The highest BCUT2D eigenvalue weighted by Crippen LogP contribution is 2.39. The Hall–Kier alpha value is -2.93. The maximum absolute atomic E-state index is 6.03. The summed E-state index contributed by atoms with van der Waals surface area (Å²) < 4.78 is 13.6.